The van der Waals surface area contributed by atoms with Crippen LogP contribution in [-0.4, -0.2) is 38.0 Å². The number of hydrogen-bond donors (Lipinski definition) is 3. The van der Waals surface area contributed by atoms with E-state index in [-0.39, 0.29) is 17.9 Å². The van der Waals surface area contributed by atoms with E-state index in [9.17, 15) is 14.4 Å². The number of hydrazine groups is 1. The highest BCUT2D eigenvalue weighted by Gasteiger charge is 2.54. The van der Waals surface area contributed by atoms with Crippen molar-refractivity contribution in [3.8, 4) is 11.5 Å². The lowest BCUT2D eigenvalue weighted by molar-refractivity contribution is -0.147. The average molecular weight is 430 g/mol. The molecule has 168 valence electrons. The van der Waals surface area contributed by atoms with Crippen LogP contribution in [0.15, 0.2) is 18.2 Å². The van der Waals surface area contributed by atoms with E-state index in [1.165, 1.54) is 26.4 Å². The fourth-order valence-corrected chi connectivity index (χ4v) is 6.06. The Bertz CT molecular complexity index is 833. The highest BCUT2D eigenvalue weighted by molar-refractivity contribution is 5.96. The Hall–Kier alpha value is -2.77. The van der Waals surface area contributed by atoms with E-state index in [2.05, 4.69) is 16.2 Å². The summed E-state index contributed by atoms with van der Waals surface area (Å²) in [5.41, 5.74) is 4.76. The Labute approximate surface area is 182 Å². The van der Waals surface area contributed by atoms with Crippen LogP contribution in [-0.2, 0) is 9.59 Å². The molecule has 8 heteroatoms. The molecule has 4 fully saturated rings. The van der Waals surface area contributed by atoms with E-state index in [0.717, 1.165) is 19.3 Å². The number of carbonyl (C=O) groups is 3. The fraction of sp³-hybridized carbons (Fsp3) is 0.609. The van der Waals surface area contributed by atoms with Gasteiger partial charge in [-0.25, -0.2) is 0 Å². The van der Waals surface area contributed by atoms with Gasteiger partial charge in [0.2, 0.25) is 5.91 Å². The number of benzene rings is 1. The molecular weight excluding hydrogens is 398 g/mol. The van der Waals surface area contributed by atoms with Crippen molar-refractivity contribution in [3.05, 3.63) is 23.8 Å². The third-order valence-corrected chi connectivity index (χ3v) is 6.97. The van der Waals surface area contributed by atoms with Gasteiger partial charge in [0.1, 0.15) is 0 Å². The summed E-state index contributed by atoms with van der Waals surface area (Å²) in [5, 5.41) is 2.80. The zero-order valence-corrected chi connectivity index (χ0v) is 18.2. The molecular formula is C23H31N3O5. The summed E-state index contributed by atoms with van der Waals surface area (Å²) in [5.74, 6) is 2.00. The first-order valence-electron chi connectivity index (χ1n) is 11.1. The fourth-order valence-electron chi connectivity index (χ4n) is 6.06. The van der Waals surface area contributed by atoms with Gasteiger partial charge in [-0.3, -0.25) is 25.2 Å². The number of carbonyl (C=O) groups excluding carboxylic acids is 3. The lowest BCUT2D eigenvalue weighted by atomic mass is 9.49. The van der Waals surface area contributed by atoms with Crippen LogP contribution in [0.2, 0.25) is 0 Å². The quantitative estimate of drug-likeness (QED) is 0.576. The second kappa shape index (κ2) is 8.77. The second-order valence-electron chi connectivity index (χ2n) is 9.18. The normalized spacial score (nSPS) is 28.0. The van der Waals surface area contributed by atoms with Gasteiger partial charge in [0, 0.05) is 11.0 Å². The van der Waals surface area contributed by atoms with Gasteiger partial charge in [0.05, 0.1) is 20.3 Å². The molecule has 0 atom stereocenters. The van der Waals surface area contributed by atoms with Crippen molar-refractivity contribution in [3.63, 3.8) is 0 Å². The van der Waals surface area contributed by atoms with Gasteiger partial charge < -0.3 is 14.8 Å². The molecule has 4 saturated carbocycles. The van der Waals surface area contributed by atoms with E-state index in [4.69, 9.17) is 9.47 Å². The molecule has 0 aromatic heterocycles. The molecule has 4 aliphatic carbocycles. The van der Waals surface area contributed by atoms with E-state index in [0.29, 0.717) is 41.4 Å². The summed E-state index contributed by atoms with van der Waals surface area (Å²) in [7, 11) is 1.49. The van der Waals surface area contributed by atoms with Crippen molar-refractivity contribution in [2.75, 3.05) is 20.3 Å². The van der Waals surface area contributed by atoms with Crippen molar-refractivity contribution in [1.82, 2.24) is 16.2 Å². The SMILES string of the molecule is CCOc1ccc(C(=O)NNC(=O)CNC(=O)C23CC4CC(CC(C4)C2)C3)cc1OC. The Morgan fingerprint density at radius 3 is 2.23 bits per heavy atom. The molecule has 3 amide bonds. The first kappa shape index (κ1) is 21.5. The number of ether oxygens (including phenoxy) is 2. The van der Waals surface area contributed by atoms with Crippen LogP contribution >= 0.6 is 0 Å². The van der Waals surface area contributed by atoms with Crippen molar-refractivity contribution >= 4 is 17.7 Å². The molecule has 0 saturated heterocycles. The van der Waals surface area contributed by atoms with Crippen LogP contribution in [0, 0.1) is 23.2 Å². The highest BCUT2D eigenvalue weighted by Crippen LogP contribution is 2.60. The topological polar surface area (TPSA) is 106 Å². The zero-order valence-electron chi connectivity index (χ0n) is 18.2. The summed E-state index contributed by atoms with van der Waals surface area (Å²) >= 11 is 0. The smallest absolute Gasteiger partial charge is 0.269 e. The van der Waals surface area contributed by atoms with Crippen molar-refractivity contribution < 1.29 is 23.9 Å². The van der Waals surface area contributed by atoms with E-state index in [1.54, 1.807) is 18.2 Å². The van der Waals surface area contributed by atoms with E-state index in [1.807, 2.05) is 6.92 Å². The summed E-state index contributed by atoms with van der Waals surface area (Å²) in [6.07, 6.45) is 6.62. The van der Waals surface area contributed by atoms with Crippen molar-refractivity contribution in [2.24, 2.45) is 23.2 Å². The van der Waals surface area contributed by atoms with E-state index >= 15 is 0 Å². The van der Waals surface area contributed by atoms with E-state index < -0.39 is 11.8 Å². The molecule has 31 heavy (non-hydrogen) atoms. The van der Waals surface area contributed by atoms with Crippen LogP contribution in [0.4, 0.5) is 0 Å². The Morgan fingerprint density at radius 1 is 1.00 bits per heavy atom. The number of hydrogen-bond acceptors (Lipinski definition) is 5. The predicted molar refractivity (Wildman–Crippen MR) is 113 cm³/mol. The van der Waals surface area contributed by atoms with Crippen LogP contribution in [0.1, 0.15) is 55.8 Å². The van der Waals surface area contributed by atoms with Crippen LogP contribution in [0.25, 0.3) is 0 Å². The molecule has 3 N–H and O–H groups in total. The maximum absolute atomic E-state index is 12.9. The summed E-state index contributed by atoms with van der Waals surface area (Å²) < 4.78 is 10.7. The minimum Gasteiger partial charge on any atom is -0.493 e. The monoisotopic (exact) mass is 429 g/mol. The van der Waals surface area contributed by atoms with Gasteiger partial charge in [-0.15, -0.1) is 0 Å². The highest BCUT2D eigenvalue weighted by atomic mass is 16.5. The first-order chi connectivity index (χ1) is 14.9. The Kier molecular flexibility index (Phi) is 6.07. The standard InChI is InChI=1S/C23H31N3O5/c1-3-31-18-5-4-17(9-19(18)30-2)21(28)26-25-20(27)13-24-22(29)23-10-14-6-15(11-23)8-16(7-14)12-23/h4-5,9,14-16H,3,6-8,10-13H2,1-2H3,(H,24,29)(H,25,27)(H,26,28). The molecule has 4 aliphatic rings. The van der Waals surface area contributed by atoms with Crippen molar-refractivity contribution in [2.45, 2.75) is 45.4 Å². The summed E-state index contributed by atoms with van der Waals surface area (Å²) in [4.78, 5) is 37.4. The number of rotatable bonds is 7. The third kappa shape index (κ3) is 4.48. The largest absolute Gasteiger partial charge is 0.493 e. The lowest BCUT2D eigenvalue weighted by Crippen LogP contribution is -2.55. The molecule has 1 aromatic rings. The lowest BCUT2D eigenvalue weighted by Gasteiger charge is -2.55. The van der Waals surface area contributed by atoms with Crippen LogP contribution in [0.3, 0.4) is 0 Å². The van der Waals surface area contributed by atoms with Gasteiger partial charge in [0.15, 0.2) is 11.5 Å². The maximum atomic E-state index is 12.9. The molecule has 0 heterocycles. The molecule has 5 rings (SSSR count). The third-order valence-electron chi connectivity index (χ3n) is 6.97. The molecule has 0 aliphatic heterocycles. The van der Waals surface area contributed by atoms with Crippen molar-refractivity contribution in [1.29, 1.82) is 0 Å². The first-order valence-corrected chi connectivity index (χ1v) is 11.1. The second-order valence-corrected chi connectivity index (χ2v) is 9.18. The number of nitrogens with one attached hydrogen (secondary N) is 3. The maximum Gasteiger partial charge on any atom is 0.269 e. The minimum atomic E-state index is -0.484. The molecule has 0 unspecified atom stereocenters. The van der Waals surface area contributed by atoms with Gasteiger partial charge in [-0.05, 0) is 81.4 Å². The average Bonchev–Trinajstić information content (AvgIpc) is 2.75. The van der Waals surface area contributed by atoms with Gasteiger partial charge in [-0.1, -0.05) is 0 Å². The van der Waals surface area contributed by atoms with Gasteiger partial charge >= 0.3 is 0 Å². The van der Waals surface area contributed by atoms with Crippen LogP contribution < -0.4 is 25.6 Å². The zero-order chi connectivity index (χ0) is 22.0. The summed E-state index contributed by atoms with van der Waals surface area (Å²) in [6.45, 7) is 2.18. The molecule has 0 radical (unpaired) electrons. The number of amides is 3. The van der Waals surface area contributed by atoms with Crippen LogP contribution in [0.5, 0.6) is 11.5 Å². The molecule has 0 spiro atoms. The molecule has 8 nitrogen and oxygen atoms in total. The summed E-state index contributed by atoms with van der Waals surface area (Å²) in [6, 6.07) is 4.77. The predicted octanol–water partition coefficient (Wildman–Crippen LogP) is 2.19. The Morgan fingerprint density at radius 2 is 1.65 bits per heavy atom. The molecule has 4 bridgehead atoms. The van der Waals surface area contributed by atoms with Gasteiger partial charge in [-0.2, -0.15) is 0 Å². The Balaban J connectivity index is 1.26. The minimum absolute atomic E-state index is 0.00988. The molecule has 1 aromatic carbocycles. The van der Waals surface area contributed by atoms with Gasteiger partial charge in [0.25, 0.3) is 11.8 Å². The number of methoxy groups -OCH3 is 1.